The summed E-state index contributed by atoms with van der Waals surface area (Å²) in [6, 6.07) is 11.8. The van der Waals surface area contributed by atoms with Crippen molar-refractivity contribution < 1.29 is 14.3 Å². The van der Waals surface area contributed by atoms with Crippen molar-refractivity contribution in [3.8, 4) is 0 Å². The molecule has 1 aromatic heterocycles. The molecule has 2 aromatic rings. The predicted molar refractivity (Wildman–Crippen MR) is 92.1 cm³/mol. The highest BCUT2D eigenvalue weighted by molar-refractivity contribution is 7.14. The van der Waals surface area contributed by atoms with Gasteiger partial charge in [-0.15, -0.1) is 11.3 Å². The Hall–Kier alpha value is -1.49. The maximum Gasteiger partial charge on any atom is 0.202 e. The summed E-state index contributed by atoms with van der Waals surface area (Å²) >= 11 is 1.45. The number of ketones is 1. The molecule has 0 amide bonds. The second-order valence-electron chi connectivity index (χ2n) is 5.76. The molecule has 2 heterocycles. The van der Waals surface area contributed by atoms with Gasteiger partial charge in [0.2, 0.25) is 5.78 Å². The summed E-state index contributed by atoms with van der Waals surface area (Å²) in [6.45, 7) is 3.44. The van der Waals surface area contributed by atoms with Crippen molar-refractivity contribution >= 4 is 17.1 Å². The lowest BCUT2D eigenvalue weighted by Gasteiger charge is -2.05. The van der Waals surface area contributed by atoms with E-state index in [1.165, 1.54) is 36.2 Å². The summed E-state index contributed by atoms with van der Waals surface area (Å²) in [4.78, 5) is 14.3. The van der Waals surface area contributed by atoms with E-state index in [0.717, 1.165) is 21.7 Å². The monoisotopic (exact) mass is 330 g/mol. The van der Waals surface area contributed by atoms with Gasteiger partial charge >= 0.3 is 0 Å². The molecular formula is C19H22O3S. The molecule has 1 aliphatic rings. The van der Waals surface area contributed by atoms with Crippen LogP contribution in [-0.4, -0.2) is 19.0 Å². The number of thiophene rings is 1. The number of aryl methyl sites for hydroxylation is 1. The summed E-state index contributed by atoms with van der Waals surface area (Å²) in [6.07, 6.45) is 4.47. The molecular weight excluding hydrogens is 308 g/mol. The van der Waals surface area contributed by atoms with E-state index in [4.69, 9.17) is 9.47 Å². The molecule has 0 aliphatic carbocycles. The Morgan fingerprint density at radius 3 is 2.52 bits per heavy atom. The van der Waals surface area contributed by atoms with Crippen LogP contribution in [0, 0.1) is 0 Å². The number of carbonyl (C=O) groups excluding carboxylic acids is 1. The molecule has 0 atom stereocenters. The van der Waals surface area contributed by atoms with Gasteiger partial charge in [0, 0.05) is 5.56 Å². The second-order valence-corrected chi connectivity index (χ2v) is 6.87. The summed E-state index contributed by atoms with van der Waals surface area (Å²) in [5.41, 5.74) is 2.04. The molecule has 0 radical (unpaired) electrons. The van der Waals surface area contributed by atoms with Gasteiger partial charge in [0.05, 0.1) is 23.0 Å². The molecule has 0 spiro atoms. The Labute approximate surface area is 141 Å². The molecule has 1 fully saturated rings. The molecule has 23 heavy (non-hydrogen) atoms. The SMILES string of the molecule is CCCCCc1ccc(C(=O)c2ccc(C3OCCO3)s2)cc1. The van der Waals surface area contributed by atoms with Gasteiger partial charge in [-0.1, -0.05) is 44.0 Å². The average molecular weight is 330 g/mol. The molecule has 4 heteroatoms. The van der Waals surface area contributed by atoms with Crippen molar-refractivity contribution in [3.63, 3.8) is 0 Å². The zero-order chi connectivity index (χ0) is 16.1. The van der Waals surface area contributed by atoms with E-state index in [1.807, 2.05) is 24.3 Å². The molecule has 0 saturated carbocycles. The number of ether oxygens (including phenoxy) is 2. The zero-order valence-corrected chi connectivity index (χ0v) is 14.2. The van der Waals surface area contributed by atoms with Crippen molar-refractivity contribution in [2.75, 3.05) is 13.2 Å². The first-order valence-corrected chi connectivity index (χ1v) is 9.06. The zero-order valence-electron chi connectivity index (χ0n) is 13.4. The molecule has 1 aliphatic heterocycles. The maximum atomic E-state index is 12.6. The van der Waals surface area contributed by atoms with Crippen LogP contribution in [0.3, 0.4) is 0 Å². The van der Waals surface area contributed by atoms with Crippen LogP contribution in [0.25, 0.3) is 0 Å². The molecule has 0 bridgehead atoms. The Kier molecular flexibility index (Phi) is 5.60. The fourth-order valence-electron chi connectivity index (χ4n) is 2.67. The van der Waals surface area contributed by atoms with E-state index in [1.54, 1.807) is 0 Å². The third-order valence-electron chi connectivity index (χ3n) is 3.99. The molecule has 0 N–H and O–H groups in total. The quantitative estimate of drug-likeness (QED) is 0.542. The molecule has 122 valence electrons. The summed E-state index contributed by atoms with van der Waals surface area (Å²) < 4.78 is 11.0. The van der Waals surface area contributed by atoms with Crippen LogP contribution in [-0.2, 0) is 15.9 Å². The molecule has 3 rings (SSSR count). The lowest BCUT2D eigenvalue weighted by atomic mass is 10.0. The maximum absolute atomic E-state index is 12.6. The minimum atomic E-state index is -0.303. The topological polar surface area (TPSA) is 35.5 Å². The van der Waals surface area contributed by atoms with Crippen molar-refractivity contribution in [2.45, 2.75) is 38.9 Å². The van der Waals surface area contributed by atoms with Crippen LogP contribution in [0.5, 0.6) is 0 Å². The number of hydrogen-bond acceptors (Lipinski definition) is 4. The summed E-state index contributed by atoms with van der Waals surface area (Å²) in [5, 5.41) is 0. The number of hydrogen-bond donors (Lipinski definition) is 0. The van der Waals surface area contributed by atoms with Crippen LogP contribution in [0.1, 0.15) is 58.2 Å². The predicted octanol–water partition coefficient (Wildman–Crippen LogP) is 4.76. The largest absolute Gasteiger partial charge is 0.345 e. The molecule has 3 nitrogen and oxygen atoms in total. The van der Waals surface area contributed by atoms with Crippen molar-refractivity contribution in [1.29, 1.82) is 0 Å². The summed E-state index contributed by atoms with van der Waals surface area (Å²) in [5.74, 6) is 0.0688. The van der Waals surface area contributed by atoms with E-state index in [2.05, 4.69) is 19.1 Å². The Bertz CT molecular complexity index is 639. The molecule has 1 aromatic carbocycles. The standard InChI is InChI=1S/C19H22O3S/c1-2-3-4-5-14-6-8-15(9-7-14)18(20)16-10-11-17(23-16)19-21-12-13-22-19/h6-11,19H,2-5,12-13H2,1H3. The average Bonchev–Trinajstić information content (AvgIpc) is 3.26. The number of carbonyl (C=O) groups is 1. The van der Waals surface area contributed by atoms with Crippen LogP contribution in [0.15, 0.2) is 36.4 Å². The van der Waals surface area contributed by atoms with Gasteiger partial charge in [-0.3, -0.25) is 4.79 Å². The van der Waals surface area contributed by atoms with Gasteiger partial charge < -0.3 is 9.47 Å². The van der Waals surface area contributed by atoms with Crippen molar-refractivity contribution in [2.24, 2.45) is 0 Å². The molecule has 1 saturated heterocycles. The highest BCUT2D eigenvalue weighted by Gasteiger charge is 2.21. The van der Waals surface area contributed by atoms with Crippen molar-refractivity contribution in [3.05, 3.63) is 57.3 Å². The van der Waals surface area contributed by atoms with E-state index in [-0.39, 0.29) is 12.1 Å². The van der Waals surface area contributed by atoms with Crippen LogP contribution < -0.4 is 0 Å². The van der Waals surface area contributed by atoms with Gasteiger partial charge in [-0.05, 0) is 30.5 Å². The van der Waals surface area contributed by atoms with E-state index >= 15 is 0 Å². The third-order valence-corrected chi connectivity index (χ3v) is 5.10. The first-order chi connectivity index (χ1) is 11.3. The smallest absolute Gasteiger partial charge is 0.202 e. The summed E-state index contributed by atoms with van der Waals surface area (Å²) in [7, 11) is 0. The highest BCUT2D eigenvalue weighted by Crippen LogP contribution is 2.30. The number of unbranched alkanes of at least 4 members (excludes halogenated alkanes) is 2. The number of rotatable bonds is 7. The van der Waals surface area contributed by atoms with Crippen LogP contribution >= 0.6 is 11.3 Å². The van der Waals surface area contributed by atoms with Crippen LogP contribution in [0.2, 0.25) is 0 Å². The Morgan fingerprint density at radius 1 is 1.09 bits per heavy atom. The third kappa shape index (κ3) is 4.08. The first-order valence-electron chi connectivity index (χ1n) is 8.24. The lowest BCUT2D eigenvalue weighted by molar-refractivity contribution is -0.0413. The molecule has 0 unspecified atom stereocenters. The van der Waals surface area contributed by atoms with Crippen molar-refractivity contribution in [1.82, 2.24) is 0 Å². The second kappa shape index (κ2) is 7.86. The van der Waals surface area contributed by atoms with E-state index < -0.39 is 0 Å². The Balaban J connectivity index is 1.65. The lowest BCUT2D eigenvalue weighted by Crippen LogP contribution is -1.99. The Morgan fingerprint density at radius 2 is 1.83 bits per heavy atom. The number of benzene rings is 1. The first kappa shape index (κ1) is 16.4. The minimum Gasteiger partial charge on any atom is -0.345 e. The van der Waals surface area contributed by atoms with Gasteiger partial charge in [0.25, 0.3) is 0 Å². The fourth-order valence-corrected chi connectivity index (χ4v) is 3.64. The highest BCUT2D eigenvalue weighted by atomic mass is 32.1. The van der Waals surface area contributed by atoms with Crippen LogP contribution in [0.4, 0.5) is 0 Å². The van der Waals surface area contributed by atoms with Gasteiger partial charge in [0.15, 0.2) is 6.29 Å². The van der Waals surface area contributed by atoms with Gasteiger partial charge in [-0.2, -0.15) is 0 Å². The van der Waals surface area contributed by atoms with E-state index in [0.29, 0.717) is 13.2 Å². The minimum absolute atomic E-state index is 0.0688. The normalized spacial score (nSPS) is 15.2. The van der Waals surface area contributed by atoms with E-state index in [9.17, 15) is 4.79 Å². The van der Waals surface area contributed by atoms with Gasteiger partial charge in [0.1, 0.15) is 0 Å². The fraction of sp³-hybridized carbons (Fsp3) is 0.421. The van der Waals surface area contributed by atoms with Gasteiger partial charge in [-0.25, -0.2) is 0 Å².